The molecule has 2 nitrogen and oxygen atoms in total. The summed E-state index contributed by atoms with van der Waals surface area (Å²) in [4.78, 5) is 0. The Morgan fingerprint density at radius 1 is 1.26 bits per heavy atom. The topological polar surface area (TPSA) is 21.3 Å². The zero-order chi connectivity index (χ0) is 13.5. The van der Waals surface area contributed by atoms with Crippen LogP contribution in [0.3, 0.4) is 0 Å². The lowest BCUT2D eigenvalue weighted by Crippen LogP contribution is -2.20. The van der Waals surface area contributed by atoms with Crippen molar-refractivity contribution in [1.82, 2.24) is 5.32 Å². The summed E-state index contributed by atoms with van der Waals surface area (Å²) in [7, 11) is 0. The van der Waals surface area contributed by atoms with Crippen LogP contribution in [0.1, 0.15) is 18.9 Å². The molecule has 0 unspecified atom stereocenters. The molecular formula is C15H20BrNOS. The molecule has 0 spiro atoms. The molecule has 0 aliphatic rings. The van der Waals surface area contributed by atoms with E-state index in [1.807, 2.05) is 0 Å². The highest BCUT2D eigenvalue weighted by molar-refractivity contribution is 9.10. The highest BCUT2D eigenvalue weighted by Crippen LogP contribution is 2.32. The van der Waals surface area contributed by atoms with Gasteiger partial charge in [0.2, 0.25) is 0 Å². The maximum atomic E-state index is 5.66. The molecule has 0 bridgehead atoms. The molecule has 0 amide bonds. The van der Waals surface area contributed by atoms with Gasteiger partial charge in [-0.1, -0.05) is 19.1 Å². The smallest absolute Gasteiger partial charge is 0.0591 e. The summed E-state index contributed by atoms with van der Waals surface area (Å²) >= 11 is 5.40. The lowest BCUT2D eigenvalue weighted by atomic mass is 10.1. The van der Waals surface area contributed by atoms with Crippen molar-refractivity contribution in [2.45, 2.75) is 19.8 Å². The molecule has 0 fully saturated rings. The van der Waals surface area contributed by atoms with Gasteiger partial charge in [-0.15, -0.1) is 11.3 Å². The number of thiophene rings is 1. The van der Waals surface area contributed by atoms with Gasteiger partial charge in [-0.25, -0.2) is 0 Å². The third kappa shape index (κ3) is 4.28. The number of rotatable bonds is 8. The fourth-order valence-electron chi connectivity index (χ4n) is 2.00. The van der Waals surface area contributed by atoms with Crippen molar-refractivity contribution in [3.63, 3.8) is 0 Å². The maximum Gasteiger partial charge on any atom is 0.0591 e. The molecule has 2 rings (SSSR count). The first-order chi connectivity index (χ1) is 9.33. The second-order valence-electron chi connectivity index (χ2n) is 4.49. The molecule has 0 aliphatic heterocycles. The third-order valence-electron chi connectivity index (χ3n) is 3.00. The van der Waals surface area contributed by atoms with E-state index >= 15 is 0 Å². The van der Waals surface area contributed by atoms with Gasteiger partial charge in [-0.05, 0) is 57.7 Å². The number of nitrogens with one attached hydrogen (secondary N) is 1. The van der Waals surface area contributed by atoms with E-state index < -0.39 is 0 Å². The van der Waals surface area contributed by atoms with Crippen molar-refractivity contribution in [2.24, 2.45) is 0 Å². The van der Waals surface area contributed by atoms with Gasteiger partial charge < -0.3 is 10.1 Å². The van der Waals surface area contributed by atoms with E-state index in [-0.39, 0.29) is 0 Å². The minimum Gasteiger partial charge on any atom is -0.380 e. The van der Waals surface area contributed by atoms with Crippen molar-refractivity contribution in [2.75, 3.05) is 26.3 Å². The Bertz CT molecular complexity index is 512. The molecular weight excluding hydrogens is 322 g/mol. The number of ether oxygens (including phenoxy) is 1. The summed E-state index contributed by atoms with van der Waals surface area (Å²) in [6, 6.07) is 6.38. The molecule has 0 saturated heterocycles. The first-order valence-electron chi connectivity index (χ1n) is 6.76. The molecule has 2 aromatic rings. The first kappa shape index (κ1) is 15.0. The fraction of sp³-hybridized carbons (Fsp3) is 0.467. The minimum absolute atomic E-state index is 0.797. The molecule has 0 aliphatic carbocycles. The molecule has 1 aromatic heterocycles. The Morgan fingerprint density at radius 3 is 3.00 bits per heavy atom. The molecule has 1 N–H and O–H groups in total. The van der Waals surface area contributed by atoms with Gasteiger partial charge >= 0.3 is 0 Å². The fourth-order valence-corrected chi connectivity index (χ4v) is 3.66. The average Bonchev–Trinajstić information content (AvgIpc) is 2.83. The molecule has 1 heterocycles. The number of hydrogen-bond acceptors (Lipinski definition) is 3. The van der Waals surface area contributed by atoms with Crippen molar-refractivity contribution in [3.8, 4) is 0 Å². The standard InChI is InChI=1S/C15H20BrNOS/c1-2-7-17-8-10-18-9-6-12-11-19-15-13(12)4-3-5-14(15)16/h3-5,11,17H,2,6-10H2,1H3. The van der Waals surface area contributed by atoms with Crippen LogP contribution in [0.15, 0.2) is 28.1 Å². The predicted octanol–water partition coefficient (Wildman–Crippen LogP) is 4.22. The molecule has 4 heteroatoms. The van der Waals surface area contributed by atoms with Crippen LogP contribution >= 0.6 is 27.3 Å². The average molecular weight is 342 g/mol. The number of benzene rings is 1. The molecule has 0 saturated carbocycles. The second kappa shape index (κ2) is 8.00. The molecule has 19 heavy (non-hydrogen) atoms. The minimum atomic E-state index is 0.797. The predicted molar refractivity (Wildman–Crippen MR) is 87.2 cm³/mol. The maximum absolute atomic E-state index is 5.66. The van der Waals surface area contributed by atoms with E-state index in [1.165, 1.54) is 26.5 Å². The molecule has 104 valence electrons. The van der Waals surface area contributed by atoms with E-state index in [4.69, 9.17) is 4.74 Å². The van der Waals surface area contributed by atoms with Gasteiger partial charge in [-0.3, -0.25) is 0 Å². The summed E-state index contributed by atoms with van der Waals surface area (Å²) in [5.41, 5.74) is 1.39. The molecule has 0 atom stereocenters. The van der Waals surface area contributed by atoms with E-state index in [2.05, 4.69) is 51.7 Å². The van der Waals surface area contributed by atoms with Crippen molar-refractivity contribution < 1.29 is 4.74 Å². The lowest BCUT2D eigenvalue weighted by molar-refractivity contribution is 0.139. The van der Waals surface area contributed by atoms with Gasteiger partial charge in [0.05, 0.1) is 13.2 Å². The van der Waals surface area contributed by atoms with Crippen LogP contribution in [0.5, 0.6) is 0 Å². The second-order valence-corrected chi connectivity index (χ2v) is 6.22. The summed E-state index contributed by atoms with van der Waals surface area (Å²) in [5, 5.41) is 6.93. The SMILES string of the molecule is CCCNCCOCCc1csc2c(Br)cccc12. The van der Waals surface area contributed by atoms with E-state index in [0.717, 1.165) is 32.7 Å². The zero-order valence-corrected chi connectivity index (χ0v) is 13.6. The summed E-state index contributed by atoms with van der Waals surface area (Å²) in [6.07, 6.45) is 2.17. The summed E-state index contributed by atoms with van der Waals surface area (Å²) in [6.45, 7) is 5.79. The number of halogens is 1. The quantitative estimate of drug-likeness (QED) is 0.725. The first-order valence-corrected chi connectivity index (χ1v) is 8.43. The van der Waals surface area contributed by atoms with Gasteiger partial charge in [0, 0.05) is 15.7 Å². The van der Waals surface area contributed by atoms with Crippen LogP contribution in [0, 0.1) is 0 Å². The number of hydrogen-bond donors (Lipinski definition) is 1. The Labute approximate surface area is 127 Å². The van der Waals surface area contributed by atoms with Crippen molar-refractivity contribution in [1.29, 1.82) is 0 Å². The van der Waals surface area contributed by atoms with Gasteiger partial charge in [0.1, 0.15) is 0 Å². The lowest BCUT2D eigenvalue weighted by Gasteiger charge is -2.05. The van der Waals surface area contributed by atoms with Gasteiger partial charge in [0.15, 0.2) is 0 Å². The monoisotopic (exact) mass is 341 g/mol. The van der Waals surface area contributed by atoms with E-state index in [0.29, 0.717) is 0 Å². The summed E-state index contributed by atoms with van der Waals surface area (Å²) < 4.78 is 8.18. The van der Waals surface area contributed by atoms with Crippen molar-refractivity contribution in [3.05, 3.63) is 33.6 Å². The normalized spacial score (nSPS) is 11.3. The van der Waals surface area contributed by atoms with E-state index in [9.17, 15) is 0 Å². The molecule has 1 aromatic carbocycles. The van der Waals surface area contributed by atoms with Gasteiger partial charge in [0.25, 0.3) is 0 Å². The Morgan fingerprint density at radius 2 is 2.16 bits per heavy atom. The number of fused-ring (bicyclic) bond motifs is 1. The van der Waals surface area contributed by atoms with E-state index in [1.54, 1.807) is 11.3 Å². The van der Waals surface area contributed by atoms with Crippen LogP contribution < -0.4 is 5.32 Å². The Hall–Kier alpha value is -0.420. The zero-order valence-electron chi connectivity index (χ0n) is 11.2. The highest BCUT2D eigenvalue weighted by Gasteiger charge is 2.06. The Balaban J connectivity index is 1.77. The van der Waals surface area contributed by atoms with Crippen molar-refractivity contribution >= 4 is 37.4 Å². The largest absolute Gasteiger partial charge is 0.380 e. The third-order valence-corrected chi connectivity index (χ3v) is 5.00. The van der Waals surface area contributed by atoms with Crippen LogP contribution in [-0.2, 0) is 11.2 Å². The Kier molecular flexibility index (Phi) is 6.31. The van der Waals surface area contributed by atoms with Crippen LogP contribution in [0.25, 0.3) is 10.1 Å². The van der Waals surface area contributed by atoms with Crippen LogP contribution in [0.4, 0.5) is 0 Å². The van der Waals surface area contributed by atoms with Crippen LogP contribution in [0.2, 0.25) is 0 Å². The highest BCUT2D eigenvalue weighted by atomic mass is 79.9. The molecule has 0 radical (unpaired) electrons. The summed E-state index contributed by atoms with van der Waals surface area (Å²) in [5.74, 6) is 0. The van der Waals surface area contributed by atoms with Gasteiger partial charge in [-0.2, -0.15) is 0 Å². The van der Waals surface area contributed by atoms with Crippen LogP contribution in [-0.4, -0.2) is 26.3 Å².